The maximum Gasteiger partial charge on any atom is 0.270 e. The van der Waals surface area contributed by atoms with Crippen LogP contribution in [0.25, 0.3) is 0 Å². The maximum atomic E-state index is 14.1. The molecule has 5 nitrogen and oxygen atoms in total. The Balaban J connectivity index is 2.37. The quantitative estimate of drug-likeness (QED) is 0.679. The van der Waals surface area contributed by atoms with E-state index in [0.717, 1.165) is 11.6 Å². The van der Waals surface area contributed by atoms with E-state index in [2.05, 4.69) is 0 Å². The number of ether oxygens (including phenoxy) is 1. The number of non-ortho nitro benzene ring substituents is 1. The zero-order valence-electron chi connectivity index (χ0n) is 11.4. The van der Waals surface area contributed by atoms with Crippen LogP contribution in [0.5, 0.6) is 5.75 Å². The van der Waals surface area contributed by atoms with Crippen molar-refractivity contribution in [3.63, 3.8) is 0 Å². The lowest BCUT2D eigenvalue weighted by Gasteiger charge is -2.08. The van der Waals surface area contributed by atoms with Gasteiger partial charge in [0.05, 0.1) is 18.6 Å². The fraction of sp³-hybridized carbons (Fsp3) is 0.200. The van der Waals surface area contributed by atoms with Crippen LogP contribution in [-0.2, 0) is 13.0 Å². The van der Waals surface area contributed by atoms with Gasteiger partial charge in [0.15, 0.2) is 0 Å². The molecule has 6 heteroatoms. The lowest BCUT2D eigenvalue weighted by Crippen LogP contribution is -2.01. The highest BCUT2D eigenvalue weighted by molar-refractivity contribution is 5.43. The van der Waals surface area contributed by atoms with E-state index in [4.69, 9.17) is 9.84 Å². The third-order valence-corrected chi connectivity index (χ3v) is 3.14. The van der Waals surface area contributed by atoms with Gasteiger partial charge in [-0.25, -0.2) is 4.39 Å². The molecule has 0 amide bonds. The van der Waals surface area contributed by atoms with Crippen molar-refractivity contribution in [2.24, 2.45) is 0 Å². The third kappa shape index (κ3) is 3.35. The second-order valence-electron chi connectivity index (χ2n) is 4.52. The second kappa shape index (κ2) is 6.32. The van der Waals surface area contributed by atoms with Crippen molar-refractivity contribution in [3.05, 3.63) is 69.0 Å². The molecule has 0 aromatic heterocycles. The van der Waals surface area contributed by atoms with E-state index in [1.807, 2.05) is 0 Å². The molecule has 0 unspecified atom stereocenters. The molecule has 2 rings (SSSR count). The van der Waals surface area contributed by atoms with Crippen LogP contribution in [0.3, 0.4) is 0 Å². The Morgan fingerprint density at radius 2 is 1.86 bits per heavy atom. The molecule has 0 heterocycles. The first-order chi connectivity index (χ1) is 10.0. The van der Waals surface area contributed by atoms with Crippen LogP contribution in [0.2, 0.25) is 0 Å². The first kappa shape index (κ1) is 14.9. The fourth-order valence-electron chi connectivity index (χ4n) is 2.04. The Labute approximate surface area is 120 Å². The number of methoxy groups -OCH3 is 1. The highest BCUT2D eigenvalue weighted by Crippen LogP contribution is 2.24. The summed E-state index contributed by atoms with van der Waals surface area (Å²) in [5.74, 6) is 0.0632. The molecule has 0 spiro atoms. The highest BCUT2D eigenvalue weighted by atomic mass is 19.1. The first-order valence-corrected chi connectivity index (χ1v) is 6.24. The van der Waals surface area contributed by atoms with E-state index in [1.54, 1.807) is 31.4 Å². The predicted molar refractivity (Wildman–Crippen MR) is 74.8 cm³/mol. The summed E-state index contributed by atoms with van der Waals surface area (Å²) in [6.45, 7) is -0.580. The van der Waals surface area contributed by atoms with E-state index in [-0.39, 0.29) is 23.2 Å². The standard InChI is InChI=1S/C15H14FNO4/c1-21-14-4-2-10(3-5-14)6-11-7-13(17(19)20)8-12(9-18)15(11)16/h2-5,7-8,18H,6,9H2,1H3. The Hall–Kier alpha value is -2.47. The van der Waals surface area contributed by atoms with Gasteiger partial charge in [-0.05, 0) is 23.3 Å². The molecule has 2 aromatic rings. The average molecular weight is 291 g/mol. The zero-order valence-corrected chi connectivity index (χ0v) is 11.4. The van der Waals surface area contributed by atoms with Crippen LogP contribution in [0, 0.1) is 15.9 Å². The van der Waals surface area contributed by atoms with Gasteiger partial charge in [-0.15, -0.1) is 0 Å². The lowest BCUT2D eigenvalue weighted by molar-refractivity contribution is -0.385. The summed E-state index contributed by atoms with van der Waals surface area (Å²) in [6, 6.07) is 9.23. The summed E-state index contributed by atoms with van der Waals surface area (Å²) in [4.78, 5) is 10.3. The minimum absolute atomic E-state index is 0.0762. The molecule has 0 aliphatic carbocycles. The summed E-state index contributed by atoms with van der Waals surface area (Å²) in [7, 11) is 1.54. The maximum absolute atomic E-state index is 14.1. The van der Waals surface area contributed by atoms with Crippen molar-refractivity contribution in [1.29, 1.82) is 0 Å². The molecule has 0 fully saturated rings. The molecular formula is C15H14FNO4. The molecule has 0 bridgehead atoms. The van der Waals surface area contributed by atoms with Gasteiger partial charge in [0.2, 0.25) is 0 Å². The SMILES string of the molecule is COc1ccc(Cc2cc([N+](=O)[O-])cc(CO)c2F)cc1. The number of nitro groups is 1. The monoisotopic (exact) mass is 291 g/mol. The number of halogens is 1. The van der Waals surface area contributed by atoms with Crippen molar-refractivity contribution in [3.8, 4) is 5.75 Å². The molecule has 0 atom stereocenters. The number of benzene rings is 2. The normalized spacial score (nSPS) is 10.4. The van der Waals surface area contributed by atoms with Gasteiger partial charge >= 0.3 is 0 Å². The van der Waals surface area contributed by atoms with Crippen LogP contribution in [-0.4, -0.2) is 17.1 Å². The number of aliphatic hydroxyl groups excluding tert-OH is 1. The Kier molecular flexibility index (Phi) is 4.49. The van der Waals surface area contributed by atoms with Crippen LogP contribution in [0.1, 0.15) is 16.7 Å². The summed E-state index contributed by atoms with van der Waals surface area (Å²) in [5, 5.41) is 20.0. The Bertz CT molecular complexity index is 655. The Morgan fingerprint density at radius 1 is 1.24 bits per heavy atom. The van der Waals surface area contributed by atoms with Crippen molar-refractivity contribution in [1.82, 2.24) is 0 Å². The topological polar surface area (TPSA) is 72.6 Å². The van der Waals surface area contributed by atoms with Crippen molar-refractivity contribution >= 4 is 5.69 Å². The molecule has 0 aliphatic rings. The van der Waals surface area contributed by atoms with Crippen LogP contribution in [0.15, 0.2) is 36.4 Å². The van der Waals surface area contributed by atoms with Crippen molar-refractivity contribution < 1.29 is 19.2 Å². The smallest absolute Gasteiger partial charge is 0.270 e. The number of hydrogen-bond acceptors (Lipinski definition) is 4. The van der Waals surface area contributed by atoms with Gasteiger partial charge in [0.1, 0.15) is 11.6 Å². The average Bonchev–Trinajstić information content (AvgIpc) is 2.49. The minimum atomic E-state index is -0.612. The summed E-state index contributed by atoms with van der Waals surface area (Å²) < 4.78 is 19.2. The van der Waals surface area contributed by atoms with E-state index in [9.17, 15) is 14.5 Å². The van der Waals surface area contributed by atoms with Crippen LogP contribution >= 0.6 is 0 Å². The van der Waals surface area contributed by atoms with Gasteiger partial charge in [-0.3, -0.25) is 10.1 Å². The highest BCUT2D eigenvalue weighted by Gasteiger charge is 2.16. The number of hydrogen-bond donors (Lipinski definition) is 1. The fourth-order valence-corrected chi connectivity index (χ4v) is 2.04. The van der Waals surface area contributed by atoms with Gasteiger partial charge in [0, 0.05) is 24.1 Å². The van der Waals surface area contributed by atoms with Gasteiger partial charge in [-0.1, -0.05) is 12.1 Å². The van der Waals surface area contributed by atoms with Gasteiger partial charge in [0.25, 0.3) is 5.69 Å². The van der Waals surface area contributed by atoms with E-state index in [1.165, 1.54) is 6.07 Å². The number of rotatable bonds is 5. The molecule has 2 aromatic carbocycles. The van der Waals surface area contributed by atoms with Crippen LogP contribution < -0.4 is 4.74 Å². The van der Waals surface area contributed by atoms with E-state index >= 15 is 0 Å². The number of nitrogens with zero attached hydrogens (tertiary/aromatic N) is 1. The molecule has 1 N–H and O–H groups in total. The number of aliphatic hydroxyl groups is 1. The zero-order chi connectivity index (χ0) is 15.4. The largest absolute Gasteiger partial charge is 0.497 e. The molecule has 0 radical (unpaired) electrons. The van der Waals surface area contributed by atoms with Crippen molar-refractivity contribution in [2.75, 3.05) is 7.11 Å². The lowest BCUT2D eigenvalue weighted by atomic mass is 10.0. The first-order valence-electron chi connectivity index (χ1n) is 6.24. The van der Waals surface area contributed by atoms with Crippen molar-refractivity contribution in [2.45, 2.75) is 13.0 Å². The molecule has 110 valence electrons. The molecular weight excluding hydrogens is 277 g/mol. The molecule has 0 saturated carbocycles. The minimum Gasteiger partial charge on any atom is -0.497 e. The molecule has 0 aliphatic heterocycles. The molecule has 0 saturated heterocycles. The van der Waals surface area contributed by atoms with Crippen LogP contribution in [0.4, 0.5) is 10.1 Å². The van der Waals surface area contributed by atoms with Gasteiger partial charge in [-0.2, -0.15) is 0 Å². The Morgan fingerprint density at radius 3 is 2.38 bits per heavy atom. The van der Waals surface area contributed by atoms with Gasteiger partial charge < -0.3 is 9.84 Å². The predicted octanol–water partition coefficient (Wildman–Crippen LogP) is 2.83. The summed E-state index contributed by atoms with van der Waals surface area (Å²) >= 11 is 0. The summed E-state index contributed by atoms with van der Waals surface area (Å²) in [6.07, 6.45) is 0.199. The second-order valence-corrected chi connectivity index (χ2v) is 4.52. The van der Waals surface area contributed by atoms with E-state index < -0.39 is 17.3 Å². The summed E-state index contributed by atoms with van der Waals surface area (Å²) in [5.41, 5.74) is 0.661. The number of nitro benzene ring substituents is 1. The molecule has 21 heavy (non-hydrogen) atoms. The third-order valence-electron chi connectivity index (χ3n) is 3.14. The van der Waals surface area contributed by atoms with E-state index in [0.29, 0.717) is 5.75 Å².